The molecule has 0 saturated carbocycles. The maximum atomic E-state index is 11.5. The molecule has 2 rings (SSSR count). The molecule has 1 amide bonds. The lowest BCUT2D eigenvalue weighted by Gasteiger charge is -2.03. The summed E-state index contributed by atoms with van der Waals surface area (Å²) in [4.78, 5) is 15.5. The molecule has 0 radical (unpaired) electrons. The van der Waals surface area contributed by atoms with Crippen molar-refractivity contribution in [3.05, 3.63) is 35.7 Å². The van der Waals surface area contributed by atoms with Crippen molar-refractivity contribution in [2.45, 2.75) is 6.54 Å². The molecule has 0 fully saturated rings. The van der Waals surface area contributed by atoms with E-state index in [9.17, 15) is 4.79 Å². The van der Waals surface area contributed by atoms with E-state index < -0.39 is 0 Å². The van der Waals surface area contributed by atoms with E-state index in [4.69, 9.17) is 11.6 Å². The van der Waals surface area contributed by atoms with Crippen LogP contribution in [0, 0.1) is 0 Å². The summed E-state index contributed by atoms with van der Waals surface area (Å²) in [7, 11) is 0. The normalized spacial score (nSPS) is 10.1. The van der Waals surface area contributed by atoms with Crippen molar-refractivity contribution < 1.29 is 4.79 Å². The van der Waals surface area contributed by atoms with E-state index >= 15 is 0 Å². The molecule has 0 aliphatic heterocycles. The van der Waals surface area contributed by atoms with Gasteiger partial charge in [0.2, 0.25) is 5.91 Å². The first-order chi connectivity index (χ1) is 7.74. The molecule has 2 heterocycles. The predicted molar refractivity (Wildman–Crippen MR) is 57.9 cm³/mol. The van der Waals surface area contributed by atoms with Crippen LogP contribution in [0.2, 0.25) is 5.02 Å². The van der Waals surface area contributed by atoms with Gasteiger partial charge in [0.05, 0.1) is 6.20 Å². The van der Waals surface area contributed by atoms with Gasteiger partial charge in [0, 0.05) is 17.4 Å². The largest absolute Gasteiger partial charge is 0.309 e. The number of amides is 1. The van der Waals surface area contributed by atoms with E-state index in [2.05, 4.69) is 20.6 Å². The zero-order valence-electron chi connectivity index (χ0n) is 8.17. The molecule has 2 aromatic rings. The first kappa shape index (κ1) is 10.6. The van der Waals surface area contributed by atoms with E-state index in [1.165, 1.54) is 17.1 Å². The molecule has 0 unspecified atom stereocenters. The fraction of sp³-hybridized carbons (Fsp3) is 0.111. The minimum Gasteiger partial charge on any atom is -0.309 e. The lowest BCUT2D eigenvalue weighted by molar-refractivity contribution is -0.116. The third kappa shape index (κ3) is 2.77. The molecule has 2 aromatic heterocycles. The van der Waals surface area contributed by atoms with Crippen molar-refractivity contribution in [3.8, 4) is 0 Å². The van der Waals surface area contributed by atoms with Crippen LogP contribution in [0.3, 0.4) is 0 Å². The highest BCUT2D eigenvalue weighted by Gasteiger charge is 2.04. The number of anilines is 1. The van der Waals surface area contributed by atoms with Crippen molar-refractivity contribution in [1.29, 1.82) is 0 Å². The zero-order chi connectivity index (χ0) is 11.4. The number of nitrogens with one attached hydrogen (secondary N) is 1. The van der Waals surface area contributed by atoms with Crippen molar-refractivity contribution in [1.82, 2.24) is 20.0 Å². The summed E-state index contributed by atoms with van der Waals surface area (Å²) in [5.41, 5.74) is 0. The van der Waals surface area contributed by atoms with E-state index in [0.717, 1.165) is 0 Å². The van der Waals surface area contributed by atoms with Gasteiger partial charge < -0.3 is 5.32 Å². The molecular weight excluding hydrogens is 230 g/mol. The number of hydrogen-bond donors (Lipinski definition) is 1. The standard InChI is InChI=1S/C9H8ClN5O/c10-7-1-2-11-8(5-7)13-9(16)6-15-4-3-12-14-15/h1-5H,6H2,(H,11,13,16). The Hall–Kier alpha value is -1.95. The third-order valence-corrected chi connectivity index (χ3v) is 2.00. The summed E-state index contributed by atoms with van der Waals surface area (Å²) in [6.45, 7) is 0.0915. The van der Waals surface area contributed by atoms with Crippen molar-refractivity contribution in [2.24, 2.45) is 0 Å². The molecule has 16 heavy (non-hydrogen) atoms. The summed E-state index contributed by atoms with van der Waals surface area (Å²) >= 11 is 5.75. The quantitative estimate of drug-likeness (QED) is 0.863. The fourth-order valence-corrected chi connectivity index (χ4v) is 1.28. The summed E-state index contributed by atoms with van der Waals surface area (Å²) in [6, 6.07) is 3.20. The Morgan fingerprint density at radius 1 is 1.50 bits per heavy atom. The fourth-order valence-electron chi connectivity index (χ4n) is 1.12. The SMILES string of the molecule is O=C(Cn1ccnn1)Nc1cc(Cl)ccn1. The van der Waals surface area contributed by atoms with Crippen molar-refractivity contribution >= 4 is 23.3 Å². The maximum absolute atomic E-state index is 11.5. The van der Waals surface area contributed by atoms with Gasteiger partial charge >= 0.3 is 0 Å². The van der Waals surface area contributed by atoms with Gasteiger partial charge in [-0.1, -0.05) is 16.8 Å². The second-order valence-electron chi connectivity index (χ2n) is 3.01. The Morgan fingerprint density at radius 2 is 2.38 bits per heavy atom. The number of carbonyl (C=O) groups excluding carboxylic acids is 1. The summed E-state index contributed by atoms with van der Waals surface area (Å²) in [5, 5.41) is 10.4. The number of hydrogen-bond acceptors (Lipinski definition) is 4. The van der Waals surface area contributed by atoms with Gasteiger partial charge in [0.15, 0.2) is 0 Å². The van der Waals surface area contributed by atoms with Crippen molar-refractivity contribution in [3.63, 3.8) is 0 Å². The van der Waals surface area contributed by atoms with Gasteiger partial charge in [0.1, 0.15) is 12.4 Å². The third-order valence-electron chi connectivity index (χ3n) is 1.77. The van der Waals surface area contributed by atoms with Crippen LogP contribution in [0.5, 0.6) is 0 Å². The Bertz CT molecular complexity index is 484. The van der Waals surface area contributed by atoms with Gasteiger partial charge in [-0.3, -0.25) is 4.79 Å². The van der Waals surface area contributed by atoms with E-state index in [1.807, 2.05) is 0 Å². The van der Waals surface area contributed by atoms with Gasteiger partial charge in [-0.15, -0.1) is 5.10 Å². The first-order valence-corrected chi connectivity index (χ1v) is 4.87. The molecular formula is C9H8ClN5O. The van der Waals surface area contributed by atoms with Gasteiger partial charge in [0.25, 0.3) is 0 Å². The van der Waals surface area contributed by atoms with Crippen LogP contribution in [0.1, 0.15) is 0 Å². The second kappa shape index (κ2) is 4.71. The number of rotatable bonds is 3. The van der Waals surface area contributed by atoms with E-state index in [1.54, 1.807) is 18.3 Å². The lowest BCUT2D eigenvalue weighted by Crippen LogP contribution is -2.19. The highest BCUT2D eigenvalue weighted by atomic mass is 35.5. The van der Waals surface area contributed by atoms with Crippen LogP contribution >= 0.6 is 11.6 Å². The molecule has 0 aromatic carbocycles. The molecule has 0 spiro atoms. The molecule has 6 nitrogen and oxygen atoms in total. The van der Waals surface area contributed by atoms with Crippen LogP contribution in [0.4, 0.5) is 5.82 Å². The Kier molecular flexibility index (Phi) is 3.11. The molecule has 0 aliphatic rings. The second-order valence-corrected chi connectivity index (χ2v) is 3.44. The molecule has 7 heteroatoms. The molecule has 1 N–H and O–H groups in total. The molecule has 0 saturated heterocycles. The number of nitrogens with zero attached hydrogens (tertiary/aromatic N) is 4. The highest BCUT2D eigenvalue weighted by molar-refractivity contribution is 6.30. The minimum absolute atomic E-state index is 0.0915. The van der Waals surface area contributed by atoms with Gasteiger partial charge in [-0.2, -0.15) is 0 Å². The van der Waals surface area contributed by atoms with E-state index in [0.29, 0.717) is 10.8 Å². The molecule has 0 aliphatic carbocycles. The van der Waals surface area contributed by atoms with Gasteiger partial charge in [-0.25, -0.2) is 9.67 Å². The lowest BCUT2D eigenvalue weighted by atomic mass is 10.4. The molecule has 0 bridgehead atoms. The van der Waals surface area contributed by atoms with Crippen LogP contribution in [0.15, 0.2) is 30.7 Å². The molecule has 0 atom stereocenters. The average Bonchev–Trinajstić information content (AvgIpc) is 2.70. The summed E-state index contributed by atoms with van der Waals surface area (Å²) in [5.74, 6) is 0.179. The van der Waals surface area contributed by atoms with Gasteiger partial charge in [-0.05, 0) is 12.1 Å². The topological polar surface area (TPSA) is 72.7 Å². The number of pyridine rings is 1. The predicted octanol–water partition coefficient (Wildman–Crippen LogP) is 0.965. The van der Waals surface area contributed by atoms with Crippen LogP contribution in [-0.4, -0.2) is 25.9 Å². The number of aromatic nitrogens is 4. The Morgan fingerprint density at radius 3 is 3.06 bits per heavy atom. The Labute approximate surface area is 96.2 Å². The maximum Gasteiger partial charge on any atom is 0.247 e. The highest BCUT2D eigenvalue weighted by Crippen LogP contribution is 2.11. The van der Waals surface area contributed by atoms with E-state index in [-0.39, 0.29) is 12.5 Å². The molecule has 82 valence electrons. The number of halogens is 1. The van der Waals surface area contributed by atoms with Crippen LogP contribution < -0.4 is 5.32 Å². The minimum atomic E-state index is -0.236. The first-order valence-electron chi connectivity index (χ1n) is 4.49. The average molecular weight is 238 g/mol. The van der Waals surface area contributed by atoms with Crippen molar-refractivity contribution in [2.75, 3.05) is 5.32 Å². The zero-order valence-corrected chi connectivity index (χ0v) is 8.92. The van der Waals surface area contributed by atoms with Crippen LogP contribution in [0.25, 0.3) is 0 Å². The summed E-state index contributed by atoms with van der Waals surface area (Å²) in [6.07, 6.45) is 4.63. The Balaban J connectivity index is 1.97. The van der Waals surface area contributed by atoms with Crippen LogP contribution in [-0.2, 0) is 11.3 Å². The summed E-state index contributed by atoms with van der Waals surface area (Å²) < 4.78 is 1.42. The smallest absolute Gasteiger partial charge is 0.247 e. The number of carbonyl (C=O) groups is 1. The monoisotopic (exact) mass is 237 g/mol.